The molecule has 6 nitrogen and oxygen atoms in total. The molecule has 1 aliphatic rings. The normalized spacial score (nSPS) is 15.8. The van der Waals surface area contributed by atoms with Gasteiger partial charge in [0.25, 0.3) is 0 Å². The van der Waals surface area contributed by atoms with Crippen LogP contribution in [0, 0.1) is 11.7 Å². The lowest BCUT2D eigenvalue weighted by Crippen LogP contribution is -2.38. The van der Waals surface area contributed by atoms with Gasteiger partial charge < -0.3 is 9.47 Å². The molecular weight excluding hydrogens is 441 g/mol. The number of hydrogen-bond acceptors (Lipinski definition) is 4. The Morgan fingerprint density at radius 1 is 1.06 bits per heavy atom. The van der Waals surface area contributed by atoms with Crippen LogP contribution >= 0.6 is 0 Å². The first-order chi connectivity index (χ1) is 15.5. The predicted molar refractivity (Wildman–Crippen MR) is 125 cm³/mol. The number of amides is 1. The van der Waals surface area contributed by atoms with E-state index in [0.717, 1.165) is 55.9 Å². The maximum atomic E-state index is 13.3. The maximum Gasteiger partial charge on any atom is 0.219 e. The molecule has 2 heterocycles. The molecule has 1 fully saturated rings. The lowest BCUT2D eigenvalue weighted by Gasteiger charge is -2.32. The van der Waals surface area contributed by atoms with Gasteiger partial charge in [-0.25, -0.2) is 17.8 Å². The van der Waals surface area contributed by atoms with Gasteiger partial charge in [0.1, 0.15) is 11.6 Å². The van der Waals surface area contributed by atoms with Crippen molar-refractivity contribution in [3.8, 4) is 0 Å². The summed E-state index contributed by atoms with van der Waals surface area (Å²) in [4.78, 5) is 18.6. The van der Waals surface area contributed by atoms with Crippen LogP contribution in [0.2, 0.25) is 0 Å². The Labute approximate surface area is 194 Å². The number of carbonyl (C=O) groups is 1. The zero-order valence-corrected chi connectivity index (χ0v) is 20.3. The minimum absolute atomic E-state index is 0.0518. The molecule has 0 bridgehead atoms. The number of sulfone groups is 1. The van der Waals surface area contributed by atoms with Gasteiger partial charge >= 0.3 is 0 Å². The predicted octanol–water partition coefficient (Wildman–Crippen LogP) is 4.56. The van der Waals surface area contributed by atoms with E-state index in [-0.39, 0.29) is 21.1 Å². The molecule has 4 rings (SSSR count). The maximum absolute atomic E-state index is 13.3. The zero-order chi connectivity index (χ0) is 24.0. The van der Waals surface area contributed by atoms with Crippen LogP contribution < -0.4 is 0 Å². The summed E-state index contributed by atoms with van der Waals surface area (Å²) in [7, 11) is -3.78. The molecule has 0 spiro atoms. The van der Waals surface area contributed by atoms with Gasteiger partial charge in [0.2, 0.25) is 15.7 Å². The van der Waals surface area contributed by atoms with Gasteiger partial charge in [-0.2, -0.15) is 0 Å². The second kappa shape index (κ2) is 8.56. The summed E-state index contributed by atoms with van der Waals surface area (Å²) in [6.45, 7) is 10.2. The van der Waals surface area contributed by atoms with Crippen LogP contribution in [0.3, 0.4) is 0 Å². The molecule has 0 aliphatic carbocycles. The topological polar surface area (TPSA) is 72.3 Å². The third kappa shape index (κ3) is 4.67. The van der Waals surface area contributed by atoms with Crippen molar-refractivity contribution in [1.29, 1.82) is 0 Å². The number of piperidine rings is 1. The van der Waals surface area contributed by atoms with Crippen molar-refractivity contribution in [2.75, 3.05) is 13.1 Å². The Morgan fingerprint density at radius 3 is 2.24 bits per heavy atom. The molecule has 0 unspecified atom stereocenters. The fraction of sp³-hybridized carbons (Fsp3) is 0.440. The first kappa shape index (κ1) is 23.4. The molecule has 1 aliphatic heterocycles. The first-order valence-electron chi connectivity index (χ1n) is 11.2. The molecule has 2 aromatic carbocycles. The highest BCUT2D eigenvalue weighted by Crippen LogP contribution is 2.31. The molecule has 33 heavy (non-hydrogen) atoms. The molecule has 8 heteroatoms. The number of hydrogen-bond donors (Lipinski definition) is 0. The van der Waals surface area contributed by atoms with Gasteiger partial charge in [0.05, 0.1) is 20.8 Å². The Kier molecular flexibility index (Phi) is 6.07. The minimum Gasteiger partial charge on any atom is -0.343 e. The van der Waals surface area contributed by atoms with Crippen molar-refractivity contribution in [2.24, 2.45) is 5.92 Å². The number of imidazole rings is 1. The summed E-state index contributed by atoms with van der Waals surface area (Å²) in [6, 6.07) is 9.88. The molecule has 3 aromatic rings. The molecule has 0 saturated carbocycles. The number of halogens is 1. The van der Waals surface area contributed by atoms with E-state index < -0.39 is 15.7 Å². The van der Waals surface area contributed by atoms with Crippen LogP contribution in [0.15, 0.2) is 52.3 Å². The average Bonchev–Trinajstić information content (AvgIpc) is 3.12. The lowest BCUT2D eigenvalue weighted by molar-refractivity contribution is -0.130. The molecule has 1 saturated heterocycles. The fourth-order valence-electron chi connectivity index (χ4n) is 4.47. The van der Waals surface area contributed by atoms with Gasteiger partial charge in [-0.15, -0.1) is 0 Å². The quantitative estimate of drug-likeness (QED) is 0.523. The second-order valence-corrected chi connectivity index (χ2v) is 11.8. The van der Waals surface area contributed by atoms with Gasteiger partial charge in [-0.05, 0) is 61.2 Å². The Morgan fingerprint density at radius 2 is 1.67 bits per heavy atom. The van der Waals surface area contributed by atoms with Crippen LogP contribution in [0.5, 0.6) is 0 Å². The van der Waals surface area contributed by atoms with E-state index in [1.165, 1.54) is 12.1 Å². The summed E-state index contributed by atoms with van der Waals surface area (Å²) in [6.07, 6.45) is 1.86. The number of likely N-dealkylation sites (tertiary alicyclic amines) is 1. The van der Waals surface area contributed by atoms with Gasteiger partial charge in [0, 0.05) is 32.0 Å². The molecular formula is C25H30FN3O3S. The van der Waals surface area contributed by atoms with E-state index in [2.05, 4.69) is 25.3 Å². The number of benzene rings is 2. The van der Waals surface area contributed by atoms with Gasteiger partial charge in [-0.1, -0.05) is 20.8 Å². The summed E-state index contributed by atoms with van der Waals surface area (Å²) in [5, 5.41) is 0. The van der Waals surface area contributed by atoms with Crippen molar-refractivity contribution in [3.05, 3.63) is 54.1 Å². The smallest absolute Gasteiger partial charge is 0.219 e. The Hall–Kier alpha value is -2.74. The Bertz CT molecular complexity index is 1280. The number of rotatable bonds is 4. The first-order valence-corrected chi connectivity index (χ1v) is 12.7. The third-order valence-electron chi connectivity index (χ3n) is 6.33. The van der Waals surface area contributed by atoms with Crippen LogP contribution in [0.4, 0.5) is 4.39 Å². The van der Waals surface area contributed by atoms with Crippen molar-refractivity contribution >= 4 is 26.8 Å². The highest BCUT2D eigenvalue weighted by atomic mass is 32.2. The van der Waals surface area contributed by atoms with E-state index in [1.54, 1.807) is 19.1 Å². The second-order valence-electron chi connectivity index (χ2n) is 9.85. The zero-order valence-electron chi connectivity index (χ0n) is 19.5. The monoisotopic (exact) mass is 471 g/mol. The molecule has 0 atom stereocenters. The van der Waals surface area contributed by atoms with Crippen molar-refractivity contribution in [1.82, 2.24) is 14.5 Å². The standard InChI is InChI=1S/C25H30FN3O3S/c1-17(30)28-13-11-18(12-14-28)16-29-23-10-9-21(15-22(23)27-24(29)25(2,3)4)33(31,32)20-7-5-19(26)6-8-20/h5-10,15,18H,11-14,16H2,1-4H3. The van der Waals surface area contributed by atoms with E-state index in [4.69, 9.17) is 4.98 Å². The average molecular weight is 472 g/mol. The largest absolute Gasteiger partial charge is 0.343 e. The molecule has 1 amide bonds. The van der Waals surface area contributed by atoms with Crippen molar-refractivity contribution in [2.45, 2.75) is 62.3 Å². The lowest BCUT2D eigenvalue weighted by atomic mass is 9.93. The van der Waals surface area contributed by atoms with Crippen LogP contribution in [-0.2, 0) is 26.6 Å². The SMILES string of the molecule is CC(=O)N1CCC(Cn2c(C(C)(C)C)nc3cc(S(=O)(=O)c4ccc(F)cc4)ccc32)CC1. The van der Waals surface area contributed by atoms with E-state index in [9.17, 15) is 17.6 Å². The highest BCUT2D eigenvalue weighted by Gasteiger charge is 2.28. The van der Waals surface area contributed by atoms with Crippen molar-refractivity contribution < 1.29 is 17.6 Å². The molecule has 176 valence electrons. The van der Waals surface area contributed by atoms with Gasteiger partial charge in [-0.3, -0.25) is 4.79 Å². The minimum atomic E-state index is -3.78. The highest BCUT2D eigenvalue weighted by molar-refractivity contribution is 7.91. The molecule has 1 aromatic heterocycles. The van der Waals surface area contributed by atoms with E-state index in [1.807, 2.05) is 11.0 Å². The van der Waals surface area contributed by atoms with E-state index in [0.29, 0.717) is 11.4 Å². The summed E-state index contributed by atoms with van der Waals surface area (Å²) < 4.78 is 41.7. The fourth-order valence-corrected chi connectivity index (χ4v) is 5.75. The summed E-state index contributed by atoms with van der Waals surface area (Å²) in [5.74, 6) is 0.962. The summed E-state index contributed by atoms with van der Waals surface area (Å²) >= 11 is 0. The number of nitrogens with zero attached hydrogens (tertiary/aromatic N) is 3. The third-order valence-corrected chi connectivity index (χ3v) is 8.09. The van der Waals surface area contributed by atoms with Crippen LogP contribution in [-0.4, -0.2) is 41.9 Å². The number of aromatic nitrogens is 2. The number of fused-ring (bicyclic) bond motifs is 1. The molecule has 0 radical (unpaired) electrons. The summed E-state index contributed by atoms with van der Waals surface area (Å²) in [5.41, 5.74) is 1.30. The van der Waals surface area contributed by atoms with Gasteiger partial charge in [0.15, 0.2) is 0 Å². The van der Waals surface area contributed by atoms with Crippen LogP contribution in [0.25, 0.3) is 11.0 Å². The number of carbonyl (C=O) groups excluding carboxylic acids is 1. The van der Waals surface area contributed by atoms with E-state index >= 15 is 0 Å². The van der Waals surface area contributed by atoms with Crippen molar-refractivity contribution in [3.63, 3.8) is 0 Å². The van der Waals surface area contributed by atoms with Crippen LogP contribution in [0.1, 0.15) is 46.4 Å². The molecule has 0 N–H and O–H groups in total. The Balaban J connectivity index is 1.70.